The number of aromatic amines is 1. The minimum absolute atomic E-state index is 0.182. The second-order valence-electron chi connectivity index (χ2n) is 10.0. The van der Waals surface area contributed by atoms with E-state index >= 15 is 0 Å². The lowest BCUT2D eigenvalue weighted by atomic mass is 9.97. The van der Waals surface area contributed by atoms with E-state index in [9.17, 15) is 4.79 Å². The SMILES string of the molecule is COc1ccc(CNCC(=O)N2[C@@H]3CC[C@H]2CC(Nc2nc(Nc4cc(C)[nH]n4)c4ccsc4n2)C3)cc1. The van der Waals surface area contributed by atoms with E-state index in [-0.39, 0.29) is 24.0 Å². The lowest BCUT2D eigenvalue weighted by Crippen LogP contribution is -2.52. The number of benzene rings is 1. The molecule has 4 N–H and O–H groups in total. The van der Waals surface area contributed by atoms with Gasteiger partial charge in [-0.25, -0.2) is 4.98 Å². The average Bonchev–Trinajstić information content (AvgIpc) is 3.62. The third-order valence-corrected chi connectivity index (χ3v) is 8.20. The van der Waals surface area contributed by atoms with Crippen molar-refractivity contribution in [3.05, 3.63) is 53.0 Å². The van der Waals surface area contributed by atoms with Gasteiger partial charge < -0.3 is 25.6 Å². The first-order valence-electron chi connectivity index (χ1n) is 13.0. The largest absolute Gasteiger partial charge is 0.497 e. The summed E-state index contributed by atoms with van der Waals surface area (Å²) in [6.07, 6.45) is 3.88. The van der Waals surface area contributed by atoms with Gasteiger partial charge >= 0.3 is 0 Å². The number of hydrogen-bond acceptors (Lipinski definition) is 9. The van der Waals surface area contributed by atoms with Gasteiger partial charge in [0.1, 0.15) is 16.4 Å². The standard InChI is InChI=1S/C27H32N8O2S/c1-16-11-23(34-33-16)30-25-22-9-10-38-26(22)32-27(31-25)29-18-12-19-5-6-20(13-18)35(19)24(36)15-28-14-17-3-7-21(37-2)8-4-17/h3-4,7-11,18-20,28H,5-6,12-15H2,1-2H3,(H3,29,30,31,32,33,34)/t18?,19-,20+. The van der Waals surface area contributed by atoms with E-state index < -0.39 is 0 Å². The maximum Gasteiger partial charge on any atom is 0.237 e. The zero-order chi connectivity index (χ0) is 26.1. The van der Waals surface area contributed by atoms with Gasteiger partial charge in [-0.2, -0.15) is 10.1 Å². The number of nitrogens with one attached hydrogen (secondary N) is 4. The summed E-state index contributed by atoms with van der Waals surface area (Å²) in [5.74, 6) is 3.09. The summed E-state index contributed by atoms with van der Waals surface area (Å²) >= 11 is 1.59. The van der Waals surface area contributed by atoms with Gasteiger partial charge in [-0.3, -0.25) is 9.89 Å². The predicted octanol–water partition coefficient (Wildman–Crippen LogP) is 4.20. The number of anilines is 3. The van der Waals surface area contributed by atoms with E-state index in [2.05, 4.69) is 31.0 Å². The first-order chi connectivity index (χ1) is 18.6. The number of hydrogen-bond donors (Lipinski definition) is 4. The lowest BCUT2D eigenvalue weighted by Gasteiger charge is -2.39. The molecule has 3 atom stereocenters. The number of piperidine rings is 1. The molecule has 1 unspecified atom stereocenters. The van der Waals surface area contributed by atoms with Crippen LogP contribution < -0.4 is 20.7 Å². The van der Waals surface area contributed by atoms with Crippen LogP contribution in [0.2, 0.25) is 0 Å². The molecular weight excluding hydrogens is 500 g/mol. The van der Waals surface area contributed by atoms with Crippen LogP contribution in [-0.2, 0) is 11.3 Å². The Morgan fingerprint density at radius 2 is 1.95 bits per heavy atom. The van der Waals surface area contributed by atoms with Crippen molar-refractivity contribution < 1.29 is 9.53 Å². The van der Waals surface area contributed by atoms with Crippen LogP contribution in [-0.4, -0.2) is 62.8 Å². The number of thiophene rings is 1. The second kappa shape index (κ2) is 10.6. The number of rotatable bonds is 9. The maximum absolute atomic E-state index is 13.1. The highest BCUT2D eigenvalue weighted by Crippen LogP contribution is 2.37. The first kappa shape index (κ1) is 24.6. The summed E-state index contributed by atoms with van der Waals surface area (Å²) in [7, 11) is 1.66. The molecule has 1 aromatic carbocycles. The number of ether oxygens (including phenoxy) is 1. The van der Waals surface area contributed by atoms with Crippen molar-refractivity contribution in [1.82, 2.24) is 30.4 Å². The van der Waals surface area contributed by atoms with E-state index in [0.29, 0.717) is 19.0 Å². The van der Waals surface area contributed by atoms with Gasteiger partial charge in [-0.1, -0.05) is 12.1 Å². The Morgan fingerprint density at radius 3 is 2.66 bits per heavy atom. The molecular formula is C27H32N8O2S. The third kappa shape index (κ3) is 5.16. The predicted molar refractivity (Wildman–Crippen MR) is 149 cm³/mol. The van der Waals surface area contributed by atoms with Gasteiger partial charge in [0.15, 0.2) is 5.82 Å². The van der Waals surface area contributed by atoms with E-state index in [1.54, 1.807) is 18.4 Å². The van der Waals surface area contributed by atoms with Gasteiger partial charge in [0.05, 0.1) is 19.0 Å². The summed E-state index contributed by atoms with van der Waals surface area (Å²) in [5, 5.41) is 20.5. The molecule has 38 heavy (non-hydrogen) atoms. The minimum Gasteiger partial charge on any atom is -0.497 e. The van der Waals surface area contributed by atoms with Gasteiger partial charge in [0.25, 0.3) is 0 Å². The van der Waals surface area contributed by atoms with Crippen LogP contribution in [0.15, 0.2) is 41.8 Å². The van der Waals surface area contributed by atoms with Crippen LogP contribution in [0.3, 0.4) is 0 Å². The molecule has 1 amide bonds. The van der Waals surface area contributed by atoms with E-state index in [0.717, 1.165) is 64.5 Å². The first-order valence-corrected chi connectivity index (χ1v) is 13.9. The van der Waals surface area contributed by atoms with Crippen LogP contribution in [0.5, 0.6) is 5.75 Å². The van der Waals surface area contributed by atoms with Crippen molar-refractivity contribution in [2.45, 2.75) is 57.3 Å². The van der Waals surface area contributed by atoms with Crippen LogP contribution in [0.1, 0.15) is 36.9 Å². The Bertz CT molecular complexity index is 1400. The number of H-pyrrole nitrogens is 1. The van der Waals surface area contributed by atoms with Crippen molar-refractivity contribution in [1.29, 1.82) is 0 Å². The zero-order valence-electron chi connectivity index (χ0n) is 21.5. The molecule has 0 radical (unpaired) electrons. The average molecular weight is 533 g/mol. The van der Waals surface area contributed by atoms with E-state index in [1.165, 1.54) is 0 Å². The Labute approximate surface area is 225 Å². The third-order valence-electron chi connectivity index (χ3n) is 7.40. The fourth-order valence-electron chi connectivity index (χ4n) is 5.65. The molecule has 10 nitrogen and oxygen atoms in total. The molecule has 0 spiro atoms. The van der Waals surface area contributed by atoms with Crippen molar-refractivity contribution in [3.8, 4) is 5.75 Å². The molecule has 6 rings (SSSR count). The summed E-state index contributed by atoms with van der Waals surface area (Å²) in [6, 6.07) is 12.6. The minimum atomic E-state index is 0.182. The van der Waals surface area contributed by atoms with Crippen molar-refractivity contribution in [2.75, 3.05) is 24.3 Å². The number of methoxy groups -OCH3 is 1. The maximum atomic E-state index is 13.1. The van der Waals surface area contributed by atoms with Crippen molar-refractivity contribution in [3.63, 3.8) is 0 Å². The number of aryl methyl sites for hydroxylation is 1. The van der Waals surface area contributed by atoms with Crippen LogP contribution in [0.25, 0.3) is 10.2 Å². The second-order valence-corrected chi connectivity index (χ2v) is 10.9. The fraction of sp³-hybridized carbons (Fsp3) is 0.407. The van der Waals surface area contributed by atoms with Gasteiger partial charge in [-0.05, 0) is 61.7 Å². The Morgan fingerprint density at radius 1 is 1.16 bits per heavy atom. The molecule has 2 aliphatic rings. The molecule has 2 fully saturated rings. The smallest absolute Gasteiger partial charge is 0.237 e. The van der Waals surface area contributed by atoms with Crippen LogP contribution in [0, 0.1) is 6.92 Å². The molecule has 2 aliphatic heterocycles. The number of carbonyl (C=O) groups excluding carboxylic acids is 1. The Kier molecular flexibility index (Phi) is 6.86. The molecule has 0 aliphatic carbocycles. The summed E-state index contributed by atoms with van der Waals surface area (Å²) in [6.45, 7) is 2.96. The number of fused-ring (bicyclic) bond motifs is 3. The van der Waals surface area contributed by atoms with Crippen LogP contribution in [0.4, 0.5) is 17.6 Å². The molecule has 11 heteroatoms. The molecule has 5 heterocycles. The summed E-state index contributed by atoms with van der Waals surface area (Å²) in [4.78, 5) is 25.8. The summed E-state index contributed by atoms with van der Waals surface area (Å²) in [5.41, 5.74) is 2.11. The highest BCUT2D eigenvalue weighted by molar-refractivity contribution is 7.16. The van der Waals surface area contributed by atoms with Crippen molar-refractivity contribution in [2.24, 2.45) is 0 Å². The number of carbonyl (C=O) groups is 1. The van der Waals surface area contributed by atoms with E-state index in [1.807, 2.05) is 48.7 Å². The fourth-order valence-corrected chi connectivity index (χ4v) is 6.42. The Balaban J connectivity index is 1.07. The molecule has 0 saturated carbocycles. The molecule has 4 aromatic rings. The zero-order valence-corrected chi connectivity index (χ0v) is 22.3. The van der Waals surface area contributed by atoms with Gasteiger partial charge in [-0.15, -0.1) is 11.3 Å². The summed E-state index contributed by atoms with van der Waals surface area (Å²) < 4.78 is 5.21. The highest BCUT2D eigenvalue weighted by Gasteiger charge is 2.43. The van der Waals surface area contributed by atoms with Gasteiger partial charge in [0, 0.05) is 36.4 Å². The Hall–Kier alpha value is -3.70. The highest BCUT2D eigenvalue weighted by atomic mass is 32.1. The monoisotopic (exact) mass is 532 g/mol. The topological polar surface area (TPSA) is 120 Å². The van der Waals surface area contributed by atoms with Gasteiger partial charge in [0.2, 0.25) is 11.9 Å². The van der Waals surface area contributed by atoms with Crippen molar-refractivity contribution >= 4 is 45.0 Å². The molecule has 198 valence electrons. The number of aromatic nitrogens is 4. The van der Waals surface area contributed by atoms with Crippen LogP contribution >= 0.6 is 11.3 Å². The quantitative estimate of drug-likeness (QED) is 0.253. The molecule has 3 aromatic heterocycles. The number of nitrogens with zero attached hydrogens (tertiary/aromatic N) is 4. The number of amides is 1. The normalized spacial score (nSPS) is 20.6. The molecule has 2 saturated heterocycles. The van der Waals surface area contributed by atoms with E-state index in [4.69, 9.17) is 14.7 Å². The molecule has 2 bridgehead atoms. The lowest BCUT2D eigenvalue weighted by molar-refractivity contribution is -0.134.